The summed E-state index contributed by atoms with van der Waals surface area (Å²) in [6, 6.07) is 17.3. The van der Waals surface area contributed by atoms with Crippen molar-refractivity contribution in [3.63, 3.8) is 0 Å². The van der Waals surface area contributed by atoms with Gasteiger partial charge in [0.05, 0.1) is 11.4 Å². The maximum absolute atomic E-state index is 2.47. The average Bonchev–Trinajstić information content (AvgIpc) is 2.96. The molecule has 0 saturated carbocycles. The van der Waals surface area contributed by atoms with E-state index in [0.717, 1.165) is 0 Å². The van der Waals surface area contributed by atoms with Crippen LogP contribution in [-0.2, 0) is 0 Å². The number of fused-ring (bicyclic) bond motifs is 2. The highest BCUT2D eigenvalue weighted by molar-refractivity contribution is 7.23. The van der Waals surface area contributed by atoms with Gasteiger partial charge >= 0.3 is 0 Å². The number of nitrogens with zero attached hydrogens (tertiary/aromatic N) is 2. The summed E-state index contributed by atoms with van der Waals surface area (Å²) in [5.74, 6) is 0. The van der Waals surface area contributed by atoms with Crippen LogP contribution >= 0.6 is 11.3 Å². The number of para-hydroxylation sites is 2. The van der Waals surface area contributed by atoms with E-state index in [1.165, 1.54) is 32.0 Å². The van der Waals surface area contributed by atoms with Crippen LogP contribution in [0, 0.1) is 6.92 Å². The minimum absolute atomic E-state index is 0.342. The molecule has 0 saturated heterocycles. The van der Waals surface area contributed by atoms with Gasteiger partial charge in [0, 0.05) is 11.7 Å². The van der Waals surface area contributed by atoms with Gasteiger partial charge in [-0.25, -0.2) is 0 Å². The van der Waals surface area contributed by atoms with Crippen molar-refractivity contribution in [3.8, 4) is 0 Å². The lowest BCUT2D eigenvalue weighted by molar-refractivity contribution is 0.737. The normalized spacial score (nSPS) is 17.6. The van der Waals surface area contributed by atoms with Crippen LogP contribution in [-0.4, -0.2) is 13.2 Å². The van der Waals surface area contributed by atoms with Crippen molar-refractivity contribution >= 4 is 37.8 Å². The molecule has 3 aromatic rings. The van der Waals surface area contributed by atoms with E-state index >= 15 is 0 Å². The molecule has 4 rings (SSSR count). The van der Waals surface area contributed by atoms with Crippen LogP contribution in [0.3, 0.4) is 0 Å². The van der Waals surface area contributed by atoms with Crippen LogP contribution in [0.5, 0.6) is 0 Å². The van der Waals surface area contributed by atoms with Crippen molar-refractivity contribution in [3.05, 3.63) is 54.1 Å². The van der Waals surface area contributed by atoms with Gasteiger partial charge in [-0.3, -0.25) is 0 Å². The number of thiophene rings is 1. The molecule has 1 unspecified atom stereocenters. The Morgan fingerprint density at radius 3 is 2.38 bits per heavy atom. The lowest BCUT2D eigenvalue weighted by Gasteiger charge is -2.27. The zero-order chi connectivity index (χ0) is 14.6. The molecular formula is C18H18N2S. The van der Waals surface area contributed by atoms with Crippen LogP contribution in [0.2, 0.25) is 0 Å². The predicted octanol–water partition coefficient (Wildman–Crippen LogP) is 5.14. The van der Waals surface area contributed by atoms with Gasteiger partial charge in [0.15, 0.2) is 0 Å². The third kappa shape index (κ3) is 1.70. The molecule has 0 fully saturated rings. The summed E-state index contributed by atoms with van der Waals surface area (Å²) >= 11 is 1.89. The number of rotatable bonds is 1. The Balaban J connectivity index is 1.95. The molecule has 0 radical (unpaired) electrons. The molecule has 0 bridgehead atoms. The van der Waals surface area contributed by atoms with Crippen molar-refractivity contribution < 1.29 is 0 Å². The maximum atomic E-state index is 2.47. The van der Waals surface area contributed by atoms with Crippen LogP contribution in [0.1, 0.15) is 12.5 Å². The lowest BCUT2D eigenvalue weighted by atomic mass is 10.2. The number of hydrogen-bond acceptors (Lipinski definition) is 3. The first-order chi connectivity index (χ1) is 10.2. The third-order valence-electron chi connectivity index (χ3n) is 4.49. The van der Waals surface area contributed by atoms with Gasteiger partial charge in [0.25, 0.3) is 0 Å². The van der Waals surface area contributed by atoms with Crippen LogP contribution < -0.4 is 9.80 Å². The third-order valence-corrected chi connectivity index (χ3v) is 5.76. The SMILES string of the molecule is Cc1c(N2c3ccccc3N(C)C2C)sc2ccccc12. The number of aryl methyl sites for hydroxylation is 1. The maximum Gasteiger partial charge on any atom is 0.104 e. The number of hydrogen-bond donors (Lipinski definition) is 0. The number of benzene rings is 2. The highest BCUT2D eigenvalue weighted by Gasteiger charge is 2.33. The van der Waals surface area contributed by atoms with E-state index < -0.39 is 0 Å². The van der Waals surface area contributed by atoms with E-state index in [-0.39, 0.29) is 0 Å². The standard InChI is InChI=1S/C18H18N2S/c1-12-14-8-4-7-11-17(14)21-18(12)20-13(2)19(3)15-9-5-6-10-16(15)20/h4-11,13H,1-3H3. The first kappa shape index (κ1) is 12.7. The minimum atomic E-state index is 0.342. The molecule has 1 aliphatic rings. The zero-order valence-electron chi connectivity index (χ0n) is 12.5. The molecule has 106 valence electrons. The van der Waals surface area contributed by atoms with E-state index in [4.69, 9.17) is 0 Å². The van der Waals surface area contributed by atoms with E-state index in [2.05, 4.69) is 79.2 Å². The van der Waals surface area contributed by atoms with Gasteiger partial charge in [-0.15, -0.1) is 11.3 Å². The highest BCUT2D eigenvalue weighted by Crippen LogP contribution is 2.48. The fourth-order valence-electron chi connectivity index (χ4n) is 3.21. The molecule has 0 amide bonds. The van der Waals surface area contributed by atoms with Crippen molar-refractivity contribution in [2.24, 2.45) is 0 Å². The molecule has 0 N–H and O–H groups in total. The lowest BCUT2D eigenvalue weighted by Crippen LogP contribution is -2.35. The number of anilines is 3. The molecule has 21 heavy (non-hydrogen) atoms. The second kappa shape index (κ2) is 4.50. The van der Waals surface area contributed by atoms with Gasteiger partial charge in [0.2, 0.25) is 0 Å². The van der Waals surface area contributed by atoms with Crippen molar-refractivity contribution in [1.29, 1.82) is 0 Å². The van der Waals surface area contributed by atoms with Gasteiger partial charge in [-0.05, 0) is 43.0 Å². The Kier molecular flexibility index (Phi) is 2.73. The Morgan fingerprint density at radius 2 is 1.62 bits per heavy atom. The van der Waals surface area contributed by atoms with E-state index in [1.54, 1.807) is 0 Å². The smallest absolute Gasteiger partial charge is 0.104 e. The van der Waals surface area contributed by atoms with Crippen LogP contribution in [0.15, 0.2) is 48.5 Å². The first-order valence-corrected chi connectivity index (χ1v) is 8.09. The van der Waals surface area contributed by atoms with Gasteiger partial charge in [0.1, 0.15) is 11.2 Å². The summed E-state index contributed by atoms with van der Waals surface area (Å²) in [6.45, 7) is 4.51. The molecule has 2 aromatic carbocycles. The molecule has 1 atom stereocenters. The molecule has 1 aromatic heterocycles. The van der Waals surface area contributed by atoms with Gasteiger partial charge < -0.3 is 9.80 Å². The molecule has 2 heterocycles. The highest BCUT2D eigenvalue weighted by atomic mass is 32.1. The summed E-state index contributed by atoms with van der Waals surface area (Å²) in [7, 11) is 2.17. The summed E-state index contributed by atoms with van der Waals surface area (Å²) in [5.41, 5.74) is 4.00. The van der Waals surface area contributed by atoms with Crippen molar-refractivity contribution in [2.45, 2.75) is 20.0 Å². The summed E-state index contributed by atoms with van der Waals surface area (Å²) in [6.07, 6.45) is 0.342. The predicted molar refractivity (Wildman–Crippen MR) is 93.0 cm³/mol. The molecule has 3 heteroatoms. The molecule has 0 aliphatic carbocycles. The Bertz CT molecular complexity index is 821. The van der Waals surface area contributed by atoms with E-state index in [0.29, 0.717) is 6.17 Å². The van der Waals surface area contributed by atoms with Crippen LogP contribution in [0.25, 0.3) is 10.1 Å². The Morgan fingerprint density at radius 1 is 0.952 bits per heavy atom. The topological polar surface area (TPSA) is 6.48 Å². The Labute approximate surface area is 129 Å². The fraction of sp³-hybridized carbons (Fsp3) is 0.222. The molecule has 1 aliphatic heterocycles. The largest absolute Gasteiger partial charge is 0.352 e. The van der Waals surface area contributed by atoms with E-state index in [9.17, 15) is 0 Å². The van der Waals surface area contributed by atoms with Crippen molar-refractivity contribution in [1.82, 2.24) is 0 Å². The second-order valence-electron chi connectivity index (χ2n) is 5.63. The minimum Gasteiger partial charge on any atom is -0.352 e. The summed E-state index contributed by atoms with van der Waals surface area (Å²) in [5, 5.41) is 2.73. The monoisotopic (exact) mass is 294 g/mol. The summed E-state index contributed by atoms with van der Waals surface area (Å²) < 4.78 is 1.37. The Hall–Kier alpha value is -2.00. The van der Waals surface area contributed by atoms with Crippen molar-refractivity contribution in [2.75, 3.05) is 16.8 Å². The average molecular weight is 294 g/mol. The fourth-order valence-corrected chi connectivity index (χ4v) is 4.51. The quantitative estimate of drug-likeness (QED) is 0.613. The van der Waals surface area contributed by atoms with Crippen LogP contribution in [0.4, 0.5) is 16.4 Å². The molecule has 2 nitrogen and oxygen atoms in total. The van der Waals surface area contributed by atoms with Gasteiger partial charge in [-0.2, -0.15) is 0 Å². The molecule has 0 spiro atoms. The zero-order valence-corrected chi connectivity index (χ0v) is 13.3. The summed E-state index contributed by atoms with van der Waals surface area (Å²) in [4.78, 5) is 4.81. The molecular weight excluding hydrogens is 276 g/mol. The second-order valence-corrected chi connectivity index (χ2v) is 6.66. The first-order valence-electron chi connectivity index (χ1n) is 7.27. The van der Waals surface area contributed by atoms with Gasteiger partial charge in [-0.1, -0.05) is 30.3 Å². The van der Waals surface area contributed by atoms with E-state index in [1.807, 2.05) is 11.3 Å².